The third-order valence-electron chi connectivity index (χ3n) is 4.26. The monoisotopic (exact) mass is 422 g/mol. The highest BCUT2D eigenvalue weighted by Crippen LogP contribution is 2.18. The first-order valence-electron chi connectivity index (χ1n) is 10.0. The maximum atomic E-state index is 12.6. The van der Waals surface area contributed by atoms with Crippen LogP contribution in [0, 0.1) is 11.3 Å². The maximum absolute atomic E-state index is 12.6. The van der Waals surface area contributed by atoms with Crippen LogP contribution in [0.1, 0.15) is 26.2 Å². The van der Waals surface area contributed by atoms with E-state index in [4.69, 9.17) is 10.00 Å². The molecule has 0 aliphatic carbocycles. The summed E-state index contributed by atoms with van der Waals surface area (Å²) in [4.78, 5) is 37.8. The van der Waals surface area contributed by atoms with Gasteiger partial charge in [0.05, 0.1) is 12.5 Å². The van der Waals surface area contributed by atoms with Crippen LogP contribution in [0.15, 0.2) is 54.6 Å². The van der Waals surface area contributed by atoms with Crippen LogP contribution >= 0.6 is 0 Å². The number of rotatable bonds is 11. The third kappa shape index (κ3) is 8.19. The van der Waals surface area contributed by atoms with Crippen LogP contribution in [0.5, 0.6) is 5.75 Å². The minimum absolute atomic E-state index is 0.0180. The number of nitrogens with zero attached hydrogens (tertiary/aromatic N) is 2. The standard InChI is InChI=1S/C23H26N4O4/c1-2-25-22(29)17-31-20-11-9-18(10-12-20)26-21(28)13-14-23(30)27(16-6-15-24)19-7-4-3-5-8-19/h3-5,7-12H,2,6,13-14,16-17H2,1H3,(H,25,29)(H,26,28). The summed E-state index contributed by atoms with van der Waals surface area (Å²) in [5, 5.41) is 14.2. The summed E-state index contributed by atoms with van der Waals surface area (Å²) < 4.78 is 5.36. The van der Waals surface area contributed by atoms with Gasteiger partial charge in [0.15, 0.2) is 6.61 Å². The molecular formula is C23H26N4O4. The lowest BCUT2D eigenvalue weighted by molar-refractivity contribution is -0.123. The van der Waals surface area contributed by atoms with Gasteiger partial charge in [0, 0.05) is 37.3 Å². The predicted molar refractivity (Wildman–Crippen MR) is 118 cm³/mol. The van der Waals surface area contributed by atoms with E-state index in [1.807, 2.05) is 31.2 Å². The van der Waals surface area contributed by atoms with E-state index >= 15 is 0 Å². The first kappa shape index (κ1) is 23.4. The normalized spacial score (nSPS) is 9.94. The second-order valence-electron chi connectivity index (χ2n) is 6.60. The van der Waals surface area contributed by atoms with E-state index in [1.54, 1.807) is 36.4 Å². The van der Waals surface area contributed by atoms with Gasteiger partial charge >= 0.3 is 0 Å². The number of para-hydroxylation sites is 1. The molecule has 0 fully saturated rings. The number of anilines is 2. The number of carbonyl (C=O) groups is 3. The van der Waals surface area contributed by atoms with E-state index in [2.05, 4.69) is 10.6 Å². The summed E-state index contributed by atoms with van der Waals surface area (Å²) in [6, 6.07) is 17.7. The van der Waals surface area contributed by atoms with Gasteiger partial charge in [0.2, 0.25) is 11.8 Å². The summed E-state index contributed by atoms with van der Waals surface area (Å²) in [6.45, 7) is 2.57. The molecule has 0 aliphatic rings. The fourth-order valence-corrected chi connectivity index (χ4v) is 2.78. The zero-order chi connectivity index (χ0) is 22.5. The average Bonchev–Trinajstić information content (AvgIpc) is 2.78. The lowest BCUT2D eigenvalue weighted by atomic mass is 10.2. The molecule has 0 saturated heterocycles. The highest BCUT2D eigenvalue weighted by atomic mass is 16.5. The van der Waals surface area contributed by atoms with Crippen LogP contribution in [0.4, 0.5) is 11.4 Å². The summed E-state index contributed by atoms with van der Waals surface area (Å²) in [6.07, 6.45) is 0.255. The van der Waals surface area contributed by atoms with Crippen molar-refractivity contribution in [3.63, 3.8) is 0 Å². The van der Waals surface area contributed by atoms with E-state index in [0.29, 0.717) is 23.7 Å². The lowest BCUT2D eigenvalue weighted by Crippen LogP contribution is -2.32. The van der Waals surface area contributed by atoms with Gasteiger partial charge in [-0.1, -0.05) is 18.2 Å². The van der Waals surface area contributed by atoms with Gasteiger partial charge in [-0.3, -0.25) is 14.4 Å². The Morgan fingerprint density at radius 1 is 1.00 bits per heavy atom. The van der Waals surface area contributed by atoms with E-state index in [0.717, 1.165) is 0 Å². The second-order valence-corrected chi connectivity index (χ2v) is 6.60. The van der Waals surface area contributed by atoms with Crippen molar-refractivity contribution in [1.29, 1.82) is 5.26 Å². The predicted octanol–water partition coefficient (Wildman–Crippen LogP) is 2.87. The van der Waals surface area contributed by atoms with Gasteiger partial charge in [-0.05, 0) is 43.3 Å². The van der Waals surface area contributed by atoms with Crippen molar-refractivity contribution in [2.75, 3.05) is 29.9 Å². The van der Waals surface area contributed by atoms with Gasteiger partial charge in [0.1, 0.15) is 5.75 Å². The van der Waals surface area contributed by atoms with E-state index in [1.165, 1.54) is 4.90 Å². The minimum Gasteiger partial charge on any atom is -0.484 e. The highest BCUT2D eigenvalue weighted by molar-refractivity contribution is 5.98. The molecule has 3 amide bonds. The van der Waals surface area contributed by atoms with E-state index in [-0.39, 0.29) is 50.1 Å². The van der Waals surface area contributed by atoms with Crippen LogP contribution in [0.25, 0.3) is 0 Å². The smallest absolute Gasteiger partial charge is 0.257 e. The molecule has 2 rings (SSSR count). The Kier molecular flexibility index (Phi) is 9.56. The molecule has 0 heterocycles. The first-order chi connectivity index (χ1) is 15.0. The Hall–Kier alpha value is -3.86. The van der Waals surface area contributed by atoms with Crippen molar-refractivity contribution >= 4 is 29.1 Å². The fraction of sp³-hybridized carbons (Fsp3) is 0.304. The third-order valence-corrected chi connectivity index (χ3v) is 4.26. The number of likely N-dealkylation sites (N-methyl/N-ethyl adjacent to an activating group) is 1. The molecule has 8 nitrogen and oxygen atoms in total. The first-order valence-corrected chi connectivity index (χ1v) is 10.0. The van der Waals surface area contributed by atoms with Crippen LogP contribution in [-0.2, 0) is 14.4 Å². The van der Waals surface area contributed by atoms with Gasteiger partial charge in [-0.25, -0.2) is 0 Å². The second kappa shape index (κ2) is 12.6. The Balaban J connectivity index is 1.84. The number of nitrogens with one attached hydrogen (secondary N) is 2. The van der Waals surface area contributed by atoms with Crippen LogP contribution < -0.4 is 20.3 Å². The number of hydrogen-bond acceptors (Lipinski definition) is 5. The molecule has 0 saturated carbocycles. The molecule has 0 spiro atoms. The lowest BCUT2D eigenvalue weighted by Gasteiger charge is -2.21. The number of carbonyl (C=O) groups excluding carboxylic acids is 3. The number of nitriles is 1. The van der Waals surface area contributed by atoms with Gasteiger partial charge < -0.3 is 20.3 Å². The van der Waals surface area contributed by atoms with E-state index < -0.39 is 0 Å². The van der Waals surface area contributed by atoms with E-state index in [9.17, 15) is 14.4 Å². The molecule has 0 aromatic heterocycles. The fourth-order valence-electron chi connectivity index (χ4n) is 2.78. The quantitative estimate of drug-likeness (QED) is 0.578. The van der Waals surface area contributed by atoms with Gasteiger partial charge in [-0.2, -0.15) is 5.26 Å². The summed E-state index contributed by atoms with van der Waals surface area (Å²) >= 11 is 0. The molecule has 0 unspecified atom stereocenters. The molecule has 2 N–H and O–H groups in total. The zero-order valence-corrected chi connectivity index (χ0v) is 17.5. The SMILES string of the molecule is CCNC(=O)COc1ccc(NC(=O)CCC(=O)N(CCC#N)c2ccccc2)cc1. The van der Waals surface area contributed by atoms with Crippen molar-refractivity contribution in [2.24, 2.45) is 0 Å². The highest BCUT2D eigenvalue weighted by Gasteiger charge is 2.16. The molecule has 2 aromatic rings. The summed E-state index contributed by atoms with van der Waals surface area (Å²) in [7, 11) is 0. The molecule has 0 radical (unpaired) electrons. The van der Waals surface area contributed by atoms with Crippen molar-refractivity contribution in [3.8, 4) is 11.8 Å². The van der Waals surface area contributed by atoms with Crippen LogP contribution in [-0.4, -0.2) is 37.4 Å². The Labute approximate surface area is 181 Å². The minimum atomic E-state index is -0.294. The molecular weight excluding hydrogens is 396 g/mol. The van der Waals surface area contributed by atoms with Crippen molar-refractivity contribution in [1.82, 2.24) is 5.32 Å². The van der Waals surface area contributed by atoms with Crippen molar-refractivity contribution in [3.05, 3.63) is 54.6 Å². The van der Waals surface area contributed by atoms with Crippen molar-refractivity contribution in [2.45, 2.75) is 26.2 Å². The Bertz CT molecular complexity index is 907. The van der Waals surface area contributed by atoms with Gasteiger partial charge in [0.25, 0.3) is 5.91 Å². The Morgan fingerprint density at radius 2 is 1.71 bits per heavy atom. The topological polar surface area (TPSA) is 112 Å². The summed E-state index contributed by atoms with van der Waals surface area (Å²) in [5.74, 6) is -0.206. The number of ether oxygens (including phenoxy) is 1. The summed E-state index contributed by atoms with van der Waals surface area (Å²) in [5.41, 5.74) is 1.26. The molecule has 31 heavy (non-hydrogen) atoms. The maximum Gasteiger partial charge on any atom is 0.257 e. The van der Waals surface area contributed by atoms with Crippen molar-refractivity contribution < 1.29 is 19.1 Å². The molecule has 0 aliphatic heterocycles. The van der Waals surface area contributed by atoms with Crippen LogP contribution in [0.3, 0.4) is 0 Å². The molecule has 162 valence electrons. The number of hydrogen-bond donors (Lipinski definition) is 2. The van der Waals surface area contributed by atoms with Crippen LogP contribution in [0.2, 0.25) is 0 Å². The zero-order valence-electron chi connectivity index (χ0n) is 17.5. The number of amides is 3. The molecule has 0 bridgehead atoms. The molecule has 8 heteroatoms. The number of benzene rings is 2. The largest absolute Gasteiger partial charge is 0.484 e. The average molecular weight is 422 g/mol. The molecule has 0 atom stereocenters. The molecule has 2 aromatic carbocycles. The Morgan fingerprint density at radius 3 is 2.35 bits per heavy atom. The van der Waals surface area contributed by atoms with Gasteiger partial charge in [-0.15, -0.1) is 0 Å².